The summed E-state index contributed by atoms with van der Waals surface area (Å²) in [7, 11) is 0. The average Bonchev–Trinajstić information content (AvgIpc) is 2.07. The van der Waals surface area contributed by atoms with Crippen molar-refractivity contribution in [2.24, 2.45) is 5.92 Å². The first-order valence-corrected chi connectivity index (χ1v) is 4.20. The second-order valence-electron chi connectivity index (χ2n) is 2.71. The predicted molar refractivity (Wildman–Crippen MR) is 48.9 cm³/mol. The molecule has 0 amide bonds. The van der Waals surface area contributed by atoms with E-state index in [1.54, 1.807) is 0 Å². The number of rotatable bonds is 3. The van der Waals surface area contributed by atoms with Crippen LogP contribution in [0.1, 0.15) is 33.6 Å². The Morgan fingerprint density at radius 2 is 1.43 bits per heavy atom. The third kappa shape index (κ3) is 77.4. The average molecular weight is 200 g/mol. The van der Waals surface area contributed by atoms with Gasteiger partial charge in [-0.2, -0.15) is 19.2 Å². The molecule has 0 aliphatic carbocycles. The molecule has 0 radical (unpaired) electrons. The van der Waals surface area contributed by atoms with Gasteiger partial charge in [-0.3, -0.25) is 0 Å². The van der Waals surface area contributed by atoms with Crippen molar-refractivity contribution in [1.29, 1.82) is 0 Å². The van der Waals surface area contributed by atoms with Gasteiger partial charge in [0.1, 0.15) is 0 Å². The Morgan fingerprint density at radius 1 is 1.07 bits per heavy atom. The van der Waals surface area contributed by atoms with E-state index in [4.69, 9.17) is 19.2 Å². The molecule has 0 heterocycles. The molecule has 14 heavy (non-hydrogen) atoms. The first-order valence-electron chi connectivity index (χ1n) is 4.20. The van der Waals surface area contributed by atoms with Crippen molar-refractivity contribution in [1.82, 2.24) is 0 Å². The summed E-state index contributed by atoms with van der Waals surface area (Å²) < 4.78 is 0. The van der Waals surface area contributed by atoms with Gasteiger partial charge in [0.2, 0.25) is 0 Å². The van der Waals surface area contributed by atoms with E-state index in [0.29, 0.717) is 0 Å². The van der Waals surface area contributed by atoms with Crippen molar-refractivity contribution in [3.8, 4) is 0 Å². The maximum absolute atomic E-state index is 8.12. The highest BCUT2D eigenvalue weighted by atomic mass is 16.2. The highest BCUT2D eigenvalue weighted by molar-refractivity contribution is 5.20. The zero-order chi connectivity index (χ0) is 11.8. The van der Waals surface area contributed by atoms with Crippen molar-refractivity contribution >= 4 is 12.3 Å². The molecule has 80 valence electrons. The van der Waals surface area contributed by atoms with Crippen molar-refractivity contribution in [3.05, 3.63) is 12.2 Å². The van der Waals surface area contributed by atoms with Gasteiger partial charge in [-0.25, -0.2) is 0 Å². The molecule has 0 aliphatic heterocycles. The molecule has 0 saturated heterocycles. The molecule has 0 rings (SSSR count). The van der Waals surface area contributed by atoms with E-state index in [1.165, 1.54) is 12.8 Å². The molecular formula is C10H16O4. The van der Waals surface area contributed by atoms with E-state index >= 15 is 0 Å². The zero-order valence-electron chi connectivity index (χ0n) is 8.78. The third-order valence-corrected chi connectivity index (χ3v) is 1.15. The van der Waals surface area contributed by atoms with Gasteiger partial charge in [0.25, 0.3) is 0 Å². The third-order valence-electron chi connectivity index (χ3n) is 1.15. The van der Waals surface area contributed by atoms with Crippen LogP contribution in [0, 0.1) is 5.92 Å². The van der Waals surface area contributed by atoms with E-state index in [1.807, 2.05) is 0 Å². The van der Waals surface area contributed by atoms with Crippen LogP contribution in [0.2, 0.25) is 0 Å². The minimum absolute atomic E-state index is 0.250. The fourth-order valence-electron chi connectivity index (χ4n) is 0.596. The van der Waals surface area contributed by atoms with Crippen molar-refractivity contribution in [2.75, 3.05) is 0 Å². The summed E-state index contributed by atoms with van der Waals surface area (Å²) in [6.45, 7) is 6.58. The summed E-state index contributed by atoms with van der Waals surface area (Å²) in [5, 5.41) is 0. The zero-order valence-corrected chi connectivity index (χ0v) is 8.78. The monoisotopic (exact) mass is 200 g/mol. The quantitative estimate of drug-likeness (QED) is 0.652. The molecule has 4 nitrogen and oxygen atoms in total. The number of hydrogen-bond acceptors (Lipinski definition) is 4. The molecular weight excluding hydrogens is 184 g/mol. The smallest absolute Gasteiger partial charge is 0.186 e. The molecule has 0 spiro atoms. The fourth-order valence-corrected chi connectivity index (χ4v) is 0.596. The van der Waals surface area contributed by atoms with Gasteiger partial charge in [0.15, 0.2) is 0 Å². The minimum Gasteiger partial charge on any atom is -0.186 e. The van der Waals surface area contributed by atoms with Crippen LogP contribution in [0.15, 0.2) is 12.2 Å². The van der Waals surface area contributed by atoms with E-state index in [2.05, 4.69) is 32.9 Å². The van der Waals surface area contributed by atoms with E-state index in [9.17, 15) is 0 Å². The van der Waals surface area contributed by atoms with Crippen LogP contribution >= 0.6 is 0 Å². The van der Waals surface area contributed by atoms with Crippen LogP contribution in [0.4, 0.5) is 0 Å². The first-order chi connectivity index (χ1) is 6.60. The Morgan fingerprint density at radius 3 is 1.64 bits per heavy atom. The molecule has 0 N–H and O–H groups in total. The summed E-state index contributed by atoms with van der Waals surface area (Å²) in [6.07, 6.45) is 7.40. The van der Waals surface area contributed by atoms with Crippen molar-refractivity contribution in [2.45, 2.75) is 33.6 Å². The standard InChI is InChI=1S/C8H16.2CO2/c1-4-5-6-7-8(2)3;2*2-1-3/h4-5,8H,6-7H2,1-3H3;;/b5-4-;;. The molecule has 0 aromatic carbocycles. The summed E-state index contributed by atoms with van der Waals surface area (Å²) in [5.41, 5.74) is 0. The van der Waals surface area contributed by atoms with Gasteiger partial charge >= 0.3 is 12.3 Å². The minimum atomic E-state index is 0.250. The molecule has 0 aromatic heterocycles. The van der Waals surface area contributed by atoms with Crippen LogP contribution in [0.5, 0.6) is 0 Å². The maximum atomic E-state index is 8.12. The Hall–Kier alpha value is -1.50. The second kappa shape index (κ2) is 22.5. The predicted octanol–water partition coefficient (Wildman–Crippen LogP) is 1.83. The van der Waals surface area contributed by atoms with Gasteiger partial charge in [-0.05, 0) is 25.7 Å². The number of carbonyl (C=O) groups excluding carboxylic acids is 4. The van der Waals surface area contributed by atoms with Gasteiger partial charge in [0.05, 0.1) is 0 Å². The summed E-state index contributed by atoms with van der Waals surface area (Å²) in [4.78, 5) is 32.5. The van der Waals surface area contributed by atoms with Gasteiger partial charge < -0.3 is 0 Å². The normalized spacial score (nSPS) is 7.71. The van der Waals surface area contributed by atoms with Crippen molar-refractivity contribution < 1.29 is 19.2 Å². The molecule has 0 aliphatic rings. The Balaban J connectivity index is -0.000000168. The van der Waals surface area contributed by atoms with Crippen molar-refractivity contribution in [3.63, 3.8) is 0 Å². The van der Waals surface area contributed by atoms with Gasteiger partial charge in [-0.15, -0.1) is 0 Å². The molecule has 0 saturated carbocycles. The molecule has 0 atom stereocenters. The van der Waals surface area contributed by atoms with Crippen LogP contribution in [0.25, 0.3) is 0 Å². The first kappa shape index (κ1) is 18.3. The number of allylic oxidation sites excluding steroid dienone is 2. The fraction of sp³-hybridized carbons (Fsp3) is 0.600. The SMILES string of the molecule is C/C=C\CCC(C)C.O=C=O.O=C=O. The van der Waals surface area contributed by atoms with E-state index < -0.39 is 0 Å². The summed E-state index contributed by atoms with van der Waals surface area (Å²) >= 11 is 0. The summed E-state index contributed by atoms with van der Waals surface area (Å²) in [5.74, 6) is 0.853. The Labute approximate surface area is 84.0 Å². The molecule has 4 heteroatoms. The van der Waals surface area contributed by atoms with E-state index in [0.717, 1.165) is 5.92 Å². The molecule has 0 bridgehead atoms. The molecule has 0 aromatic rings. The van der Waals surface area contributed by atoms with Crippen LogP contribution < -0.4 is 0 Å². The highest BCUT2D eigenvalue weighted by Gasteiger charge is 1.87. The summed E-state index contributed by atoms with van der Waals surface area (Å²) in [6, 6.07) is 0. The second-order valence-corrected chi connectivity index (χ2v) is 2.71. The topological polar surface area (TPSA) is 68.3 Å². The maximum Gasteiger partial charge on any atom is 0.373 e. The van der Waals surface area contributed by atoms with Crippen LogP contribution in [-0.2, 0) is 19.2 Å². The van der Waals surface area contributed by atoms with Gasteiger partial charge in [-0.1, -0.05) is 26.0 Å². The van der Waals surface area contributed by atoms with E-state index in [-0.39, 0.29) is 12.3 Å². The largest absolute Gasteiger partial charge is 0.373 e. The molecule has 0 fully saturated rings. The molecule has 0 unspecified atom stereocenters. The van der Waals surface area contributed by atoms with Crippen LogP contribution in [0.3, 0.4) is 0 Å². The lowest BCUT2D eigenvalue weighted by Gasteiger charge is -1.97. The van der Waals surface area contributed by atoms with Crippen LogP contribution in [-0.4, -0.2) is 12.3 Å². The highest BCUT2D eigenvalue weighted by Crippen LogP contribution is 2.02. The lowest BCUT2D eigenvalue weighted by atomic mass is 10.1. The lowest BCUT2D eigenvalue weighted by Crippen LogP contribution is -1.82. The Kier molecular flexibility index (Phi) is 29.5. The number of hydrogen-bond donors (Lipinski definition) is 0. The lowest BCUT2D eigenvalue weighted by molar-refractivity contribution is -0.193. The van der Waals surface area contributed by atoms with Gasteiger partial charge in [0, 0.05) is 0 Å². The Bertz CT molecular complexity index is 170.